The number of benzene rings is 1. The van der Waals surface area contributed by atoms with Gasteiger partial charge in [-0.15, -0.1) is 11.8 Å². The Morgan fingerprint density at radius 1 is 1.47 bits per heavy atom. The first kappa shape index (κ1) is 13.9. The average Bonchev–Trinajstić information content (AvgIpc) is 2.34. The first-order valence-corrected chi connectivity index (χ1v) is 6.81. The van der Waals surface area contributed by atoms with E-state index in [-0.39, 0.29) is 5.91 Å². The highest BCUT2D eigenvalue weighted by Gasteiger charge is 2.12. The lowest BCUT2D eigenvalue weighted by molar-refractivity contribution is 0.0946. The number of ether oxygens (including phenoxy) is 1. The SMILES string of the molecule is COc1cc(SC)ccc1C(=O)NCC(C)C. The lowest BCUT2D eigenvalue weighted by atomic mass is 10.1. The van der Waals surface area contributed by atoms with Gasteiger partial charge in [-0.2, -0.15) is 0 Å². The van der Waals surface area contributed by atoms with Crippen LogP contribution in [0.2, 0.25) is 0 Å². The number of nitrogens with one attached hydrogen (secondary N) is 1. The summed E-state index contributed by atoms with van der Waals surface area (Å²) in [5.41, 5.74) is 0.589. The molecule has 1 aromatic carbocycles. The van der Waals surface area contributed by atoms with Crippen LogP contribution >= 0.6 is 11.8 Å². The van der Waals surface area contributed by atoms with Gasteiger partial charge in [-0.05, 0) is 30.4 Å². The van der Waals surface area contributed by atoms with E-state index in [1.165, 1.54) is 0 Å². The predicted molar refractivity (Wildman–Crippen MR) is 71.9 cm³/mol. The van der Waals surface area contributed by atoms with E-state index in [0.29, 0.717) is 23.8 Å². The van der Waals surface area contributed by atoms with Crippen molar-refractivity contribution in [1.29, 1.82) is 0 Å². The molecule has 0 heterocycles. The van der Waals surface area contributed by atoms with Gasteiger partial charge in [-0.1, -0.05) is 13.8 Å². The molecule has 1 amide bonds. The van der Waals surface area contributed by atoms with E-state index in [2.05, 4.69) is 19.2 Å². The summed E-state index contributed by atoms with van der Waals surface area (Å²) in [4.78, 5) is 13.0. The standard InChI is InChI=1S/C13H19NO2S/c1-9(2)8-14-13(15)11-6-5-10(17-4)7-12(11)16-3/h5-7,9H,8H2,1-4H3,(H,14,15). The zero-order valence-corrected chi connectivity index (χ0v) is 11.6. The molecule has 0 atom stereocenters. The second-order valence-corrected chi connectivity index (χ2v) is 5.05. The molecule has 1 N–H and O–H groups in total. The number of rotatable bonds is 5. The number of thioether (sulfide) groups is 1. The summed E-state index contributed by atoms with van der Waals surface area (Å²) in [6.45, 7) is 4.80. The summed E-state index contributed by atoms with van der Waals surface area (Å²) in [7, 11) is 1.58. The Morgan fingerprint density at radius 3 is 2.71 bits per heavy atom. The normalized spacial score (nSPS) is 10.4. The van der Waals surface area contributed by atoms with Crippen LogP contribution in [0.1, 0.15) is 24.2 Å². The molecule has 0 aromatic heterocycles. The van der Waals surface area contributed by atoms with Crippen LogP contribution in [-0.4, -0.2) is 25.8 Å². The number of hydrogen-bond acceptors (Lipinski definition) is 3. The molecule has 0 bridgehead atoms. The first-order chi connectivity index (χ1) is 8.08. The van der Waals surface area contributed by atoms with Crippen LogP contribution in [0.25, 0.3) is 0 Å². The summed E-state index contributed by atoms with van der Waals surface area (Å²) in [5, 5.41) is 2.88. The van der Waals surface area contributed by atoms with Gasteiger partial charge in [0, 0.05) is 11.4 Å². The molecule has 4 heteroatoms. The minimum Gasteiger partial charge on any atom is -0.496 e. The van der Waals surface area contributed by atoms with Crippen molar-refractivity contribution in [1.82, 2.24) is 5.32 Å². The molecule has 0 radical (unpaired) electrons. The van der Waals surface area contributed by atoms with Crippen molar-refractivity contribution in [3.05, 3.63) is 23.8 Å². The summed E-state index contributed by atoms with van der Waals surface area (Å²) in [5.74, 6) is 0.983. The van der Waals surface area contributed by atoms with Crippen LogP contribution in [0.15, 0.2) is 23.1 Å². The molecule has 0 saturated heterocycles. The van der Waals surface area contributed by atoms with Gasteiger partial charge >= 0.3 is 0 Å². The summed E-state index contributed by atoms with van der Waals surface area (Å²) >= 11 is 1.63. The third-order valence-corrected chi connectivity index (χ3v) is 3.05. The van der Waals surface area contributed by atoms with Crippen molar-refractivity contribution >= 4 is 17.7 Å². The summed E-state index contributed by atoms with van der Waals surface area (Å²) in [6, 6.07) is 5.62. The van der Waals surface area contributed by atoms with Gasteiger partial charge < -0.3 is 10.1 Å². The molecule has 1 rings (SSSR count). The maximum absolute atomic E-state index is 11.9. The maximum atomic E-state index is 11.9. The molecule has 0 aliphatic rings. The van der Waals surface area contributed by atoms with Gasteiger partial charge in [0.1, 0.15) is 5.75 Å². The van der Waals surface area contributed by atoms with E-state index in [1.54, 1.807) is 24.9 Å². The largest absolute Gasteiger partial charge is 0.496 e. The van der Waals surface area contributed by atoms with Gasteiger partial charge in [-0.3, -0.25) is 4.79 Å². The van der Waals surface area contributed by atoms with E-state index in [0.717, 1.165) is 4.90 Å². The Labute approximate surface area is 107 Å². The molecule has 0 aliphatic heterocycles. The number of carbonyl (C=O) groups is 1. The van der Waals surface area contributed by atoms with Gasteiger partial charge in [0.2, 0.25) is 0 Å². The molecule has 17 heavy (non-hydrogen) atoms. The fourth-order valence-electron chi connectivity index (χ4n) is 1.38. The van der Waals surface area contributed by atoms with Crippen LogP contribution in [0.5, 0.6) is 5.75 Å². The second-order valence-electron chi connectivity index (χ2n) is 4.17. The lowest BCUT2D eigenvalue weighted by Crippen LogP contribution is -2.27. The average molecular weight is 253 g/mol. The number of carbonyl (C=O) groups excluding carboxylic acids is 1. The summed E-state index contributed by atoms with van der Waals surface area (Å²) < 4.78 is 5.24. The summed E-state index contributed by atoms with van der Waals surface area (Å²) in [6.07, 6.45) is 1.99. The molecule has 1 aromatic rings. The number of methoxy groups -OCH3 is 1. The Balaban J connectivity index is 2.85. The second kappa shape index (κ2) is 6.55. The minimum atomic E-state index is -0.0804. The fraction of sp³-hybridized carbons (Fsp3) is 0.462. The van der Waals surface area contributed by atoms with Crippen molar-refractivity contribution in [2.24, 2.45) is 5.92 Å². The highest BCUT2D eigenvalue weighted by atomic mass is 32.2. The van der Waals surface area contributed by atoms with E-state index in [9.17, 15) is 4.79 Å². The third kappa shape index (κ3) is 3.97. The molecule has 3 nitrogen and oxygen atoms in total. The third-order valence-electron chi connectivity index (χ3n) is 2.32. The monoisotopic (exact) mass is 253 g/mol. The molecule has 0 saturated carbocycles. The van der Waals surface area contributed by atoms with Crippen molar-refractivity contribution in [2.75, 3.05) is 19.9 Å². The number of amides is 1. The fourth-order valence-corrected chi connectivity index (χ4v) is 1.81. The van der Waals surface area contributed by atoms with Gasteiger partial charge in [0.15, 0.2) is 0 Å². The predicted octanol–water partition coefficient (Wildman–Crippen LogP) is 2.80. The zero-order valence-electron chi connectivity index (χ0n) is 10.7. The van der Waals surface area contributed by atoms with E-state index >= 15 is 0 Å². The molecule has 0 aliphatic carbocycles. The Kier molecular flexibility index (Phi) is 5.35. The molecule has 0 fully saturated rings. The maximum Gasteiger partial charge on any atom is 0.255 e. The molecular weight excluding hydrogens is 234 g/mol. The van der Waals surface area contributed by atoms with Gasteiger partial charge in [-0.25, -0.2) is 0 Å². The number of hydrogen-bond donors (Lipinski definition) is 1. The van der Waals surface area contributed by atoms with Crippen LogP contribution in [-0.2, 0) is 0 Å². The van der Waals surface area contributed by atoms with Crippen LogP contribution in [0.3, 0.4) is 0 Å². The van der Waals surface area contributed by atoms with Crippen molar-refractivity contribution < 1.29 is 9.53 Å². The van der Waals surface area contributed by atoms with Crippen molar-refractivity contribution in [3.63, 3.8) is 0 Å². The van der Waals surface area contributed by atoms with Crippen LogP contribution in [0.4, 0.5) is 0 Å². The molecule has 0 unspecified atom stereocenters. The van der Waals surface area contributed by atoms with Crippen molar-refractivity contribution in [2.45, 2.75) is 18.7 Å². The lowest BCUT2D eigenvalue weighted by Gasteiger charge is -2.11. The van der Waals surface area contributed by atoms with Crippen LogP contribution in [0, 0.1) is 5.92 Å². The molecular formula is C13H19NO2S. The van der Waals surface area contributed by atoms with E-state index in [4.69, 9.17) is 4.74 Å². The highest BCUT2D eigenvalue weighted by Crippen LogP contribution is 2.25. The molecule has 0 spiro atoms. The van der Waals surface area contributed by atoms with Gasteiger partial charge in [0.25, 0.3) is 5.91 Å². The van der Waals surface area contributed by atoms with E-state index < -0.39 is 0 Å². The topological polar surface area (TPSA) is 38.3 Å². The van der Waals surface area contributed by atoms with Crippen molar-refractivity contribution in [3.8, 4) is 5.75 Å². The Hall–Kier alpha value is -1.16. The minimum absolute atomic E-state index is 0.0804. The Bertz CT molecular complexity index is 391. The van der Waals surface area contributed by atoms with E-state index in [1.807, 2.05) is 18.4 Å². The highest BCUT2D eigenvalue weighted by molar-refractivity contribution is 7.98. The zero-order chi connectivity index (χ0) is 12.8. The Morgan fingerprint density at radius 2 is 2.18 bits per heavy atom. The van der Waals surface area contributed by atoms with Gasteiger partial charge in [0.05, 0.1) is 12.7 Å². The molecule has 94 valence electrons. The first-order valence-electron chi connectivity index (χ1n) is 5.58. The van der Waals surface area contributed by atoms with Crippen LogP contribution < -0.4 is 10.1 Å². The smallest absolute Gasteiger partial charge is 0.255 e. The quantitative estimate of drug-likeness (QED) is 0.820.